The molecule has 0 aliphatic rings. The number of non-ortho nitro benzene ring substituents is 1. The standard InChI is InChI=1S/C19H15ClN2O6/c1-11(17-8-12-4-2-3-5-16(12)28-17)21-18(23)10-27-19(24)14-9-13(22(25)26)6-7-15(14)20/h2-9,11H,10H2,1H3,(H,21,23)/t11-/m1/s1. The maximum atomic E-state index is 12.1. The van der Waals surface area contributed by atoms with Crippen LogP contribution in [0.4, 0.5) is 5.69 Å². The molecule has 0 aliphatic heterocycles. The van der Waals surface area contributed by atoms with Crippen molar-refractivity contribution in [3.05, 3.63) is 75.0 Å². The Morgan fingerprint density at radius 1 is 1.25 bits per heavy atom. The van der Waals surface area contributed by atoms with Crippen LogP contribution in [0.5, 0.6) is 0 Å². The highest BCUT2D eigenvalue weighted by Crippen LogP contribution is 2.24. The van der Waals surface area contributed by atoms with Crippen LogP contribution in [-0.2, 0) is 9.53 Å². The van der Waals surface area contributed by atoms with E-state index in [0.717, 1.165) is 11.5 Å². The Morgan fingerprint density at radius 3 is 2.71 bits per heavy atom. The average molecular weight is 403 g/mol. The molecular weight excluding hydrogens is 388 g/mol. The zero-order chi connectivity index (χ0) is 20.3. The minimum atomic E-state index is -0.930. The Hall–Kier alpha value is -3.39. The molecule has 1 aromatic heterocycles. The van der Waals surface area contributed by atoms with E-state index in [1.165, 1.54) is 12.1 Å². The molecule has 3 rings (SSSR count). The lowest BCUT2D eigenvalue weighted by atomic mass is 10.2. The number of carbonyl (C=O) groups excluding carboxylic acids is 2. The summed E-state index contributed by atoms with van der Waals surface area (Å²) in [7, 11) is 0. The first kappa shape index (κ1) is 19.4. The Morgan fingerprint density at radius 2 is 2.00 bits per heavy atom. The Kier molecular flexibility index (Phi) is 5.60. The molecule has 8 nitrogen and oxygen atoms in total. The van der Waals surface area contributed by atoms with Crippen molar-refractivity contribution in [2.75, 3.05) is 6.61 Å². The van der Waals surface area contributed by atoms with E-state index < -0.39 is 29.4 Å². The van der Waals surface area contributed by atoms with Crippen LogP contribution in [0.25, 0.3) is 11.0 Å². The van der Waals surface area contributed by atoms with Crippen molar-refractivity contribution in [2.45, 2.75) is 13.0 Å². The van der Waals surface area contributed by atoms with E-state index in [0.29, 0.717) is 11.3 Å². The van der Waals surface area contributed by atoms with Crippen LogP contribution in [0, 0.1) is 10.1 Å². The molecule has 28 heavy (non-hydrogen) atoms. The molecule has 2 aromatic carbocycles. The van der Waals surface area contributed by atoms with Gasteiger partial charge < -0.3 is 14.5 Å². The van der Waals surface area contributed by atoms with Crippen LogP contribution >= 0.6 is 11.6 Å². The highest BCUT2D eigenvalue weighted by Gasteiger charge is 2.19. The van der Waals surface area contributed by atoms with Gasteiger partial charge in [-0.05, 0) is 25.1 Å². The van der Waals surface area contributed by atoms with Crippen molar-refractivity contribution in [3.63, 3.8) is 0 Å². The van der Waals surface area contributed by atoms with Gasteiger partial charge in [-0.15, -0.1) is 0 Å². The highest BCUT2D eigenvalue weighted by atomic mass is 35.5. The number of halogens is 1. The molecule has 1 heterocycles. The average Bonchev–Trinajstić information content (AvgIpc) is 3.10. The molecular formula is C19H15ClN2O6. The number of fused-ring (bicyclic) bond motifs is 1. The summed E-state index contributed by atoms with van der Waals surface area (Å²) in [5.74, 6) is -0.925. The topological polar surface area (TPSA) is 112 Å². The largest absolute Gasteiger partial charge is 0.459 e. The van der Waals surface area contributed by atoms with Crippen molar-refractivity contribution in [1.29, 1.82) is 0 Å². The number of carbonyl (C=O) groups is 2. The molecule has 0 radical (unpaired) electrons. The van der Waals surface area contributed by atoms with Gasteiger partial charge in [0, 0.05) is 17.5 Å². The van der Waals surface area contributed by atoms with Crippen LogP contribution < -0.4 is 5.32 Å². The highest BCUT2D eigenvalue weighted by molar-refractivity contribution is 6.33. The summed E-state index contributed by atoms with van der Waals surface area (Å²) in [4.78, 5) is 34.3. The number of para-hydroxylation sites is 1. The molecule has 0 aliphatic carbocycles. The zero-order valence-electron chi connectivity index (χ0n) is 14.7. The number of nitrogens with one attached hydrogen (secondary N) is 1. The van der Waals surface area contributed by atoms with E-state index in [2.05, 4.69) is 5.32 Å². The summed E-state index contributed by atoms with van der Waals surface area (Å²) in [5, 5.41) is 14.4. The SMILES string of the molecule is C[C@@H](NC(=O)COC(=O)c1cc([N+](=O)[O-])ccc1Cl)c1cc2ccccc2o1. The van der Waals surface area contributed by atoms with Crippen LogP contribution in [0.3, 0.4) is 0 Å². The second-order valence-electron chi connectivity index (χ2n) is 5.97. The summed E-state index contributed by atoms with van der Waals surface area (Å²) in [6, 6.07) is 12.2. The Balaban J connectivity index is 1.60. The maximum Gasteiger partial charge on any atom is 0.340 e. The number of rotatable bonds is 6. The monoisotopic (exact) mass is 402 g/mol. The van der Waals surface area contributed by atoms with Crippen molar-refractivity contribution >= 4 is 40.1 Å². The van der Waals surface area contributed by atoms with Crippen molar-refractivity contribution in [3.8, 4) is 0 Å². The molecule has 0 unspecified atom stereocenters. The Bertz CT molecular complexity index is 1030. The summed E-state index contributed by atoms with van der Waals surface area (Å²) in [6.07, 6.45) is 0. The lowest BCUT2D eigenvalue weighted by Crippen LogP contribution is -2.31. The number of esters is 1. The van der Waals surface area contributed by atoms with Gasteiger partial charge in [0.1, 0.15) is 11.3 Å². The van der Waals surface area contributed by atoms with E-state index >= 15 is 0 Å². The number of furan rings is 1. The molecule has 0 saturated heterocycles. The molecule has 1 N–H and O–H groups in total. The number of nitrogens with zero attached hydrogens (tertiary/aromatic N) is 1. The lowest BCUT2D eigenvalue weighted by Gasteiger charge is -2.12. The van der Waals surface area contributed by atoms with Gasteiger partial charge in [-0.3, -0.25) is 14.9 Å². The first-order valence-electron chi connectivity index (χ1n) is 8.24. The van der Waals surface area contributed by atoms with E-state index in [9.17, 15) is 19.7 Å². The molecule has 0 saturated carbocycles. The second-order valence-corrected chi connectivity index (χ2v) is 6.38. The Labute approximate surface area is 164 Å². The number of nitro groups is 1. The quantitative estimate of drug-likeness (QED) is 0.378. The van der Waals surface area contributed by atoms with Crippen LogP contribution in [0.1, 0.15) is 29.1 Å². The fourth-order valence-corrected chi connectivity index (χ4v) is 2.76. The molecule has 0 bridgehead atoms. The third-order valence-electron chi connectivity index (χ3n) is 3.96. The smallest absolute Gasteiger partial charge is 0.340 e. The predicted octanol–water partition coefficient (Wildman–Crippen LogP) is 4.03. The minimum absolute atomic E-state index is 0.00773. The summed E-state index contributed by atoms with van der Waals surface area (Å²) < 4.78 is 10.6. The summed E-state index contributed by atoms with van der Waals surface area (Å²) >= 11 is 5.88. The number of benzene rings is 2. The van der Waals surface area contributed by atoms with Crippen LogP contribution in [-0.4, -0.2) is 23.4 Å². The second kappa shape index (κ2) is 8.10. The number of hydrogen-bond acceptors (Lipinski definition) is 6. The number of hydrogen-bond donors (Lipinski definition) is 1. The fourth-order valence-electron chi connectivity index (χ4n) is 2.56. The van der Waals surface area contributed by atoms with E-state index in [1.807, 2.05) is 30.3 Å². The lowest BCUT2D eigenvalue weighted by molar-refractivity contribution is -0.384. The molecule has 3 aromatic rings. The van der Waals surface area contributed by atoms with E-state index in [4.69, 9.17) is 20.8 Å². The van der Waals surface area contributed by atoms with Gasteiger partial charge in [0.05, 0.1) is 21.6 Å². The first-order valence-corrected chi connectivity index (χ1v) is 8.62. The van der Waals surface area contributed by atoms with Gasteiger partial charge in [-0.25, -0.2) is 4.79 Å². The minimum Gasteiger partial charge on any atom is -0.459 e. The molecule has 9 heteroatoms. The van der Waals surface area contributed by atoms with Gasteiger partial charge in [0.25, 0.3) is 11.6 Å². The third-order valence-corrected chi connectivity index (χ3v) is 4.29. The fraction of sp³-hybridized carbons (Fsp3) is 0.158. The number of ether oxygens (including phenoxy) is 1. The molecule has 1 amide bonds. The van der Waals surface area contributed by atoms with E-state index in [1.54, 1.807) is 6.92 Å². The number of amides is 1. The zero-order valence-corrected chi connectivity index (χ0v) is 15.4. The van der Waals surface area contributed by atoms with Gasteiger partial charge in [-0.1, -0.05) is 29.8 Å². The van der Waals surface area contributed by atoms with Crippen molar-refractivity contribution in [2.24, 2.45) is 0 Å². The van der Waals surface area contributed by atoms with Gasteiger partial charge in [0.15, 0.2) is 6.61 Å². The summed E-state index contributed by atoms with van der Waals surface area (Å²) in [6.45, 7) is 1.16. The molecule has 0 fully saturated rings. The first-order chi connectivity index (χ1) is 13.3. The number of nitro benzene ring substituents is 1. The normalized spacial score (nSPS) is 11.8. The maximum absolute atomic E-state index is 12.1. The van der Waals surface area contributed by atoms with Crippen molar-refractivity contribution < 1.29 is 23.7 Å². The van der Waals surface area contributed by atoms with Gasteiger partial charge in [0.2, 0.25) is 0 Å². The van der Waals surface area contributed by atoms with Crippen molar-refractivity contribution in [1.82, 2.24) is 5.32 Å². The van der Waals surface area contributed by atoms with Gasteiger partial charge >= 0.3 is 5.97 Å². The van der Waals surface area contributed by atoms with Crippen LogP contribution in [0.15, 0.2) is 52.9 Å². The third kappa shape index (κ3) is 4.29. The van der Waals surface area contributed by atoms with E-state index in [-0.39, 0.29) is 16.3 Å². The predicted molar refractivity (Wildman–Crippen MR) is 101 cm³/mol. The molecule has 144 valence electrons. The van der Waals surface area contributed by atoms with Crippen LogP contribution in [0.2, 0.25) is 5.02 Å². The van der Waals surface area contributed by atoms with Gasteiger partial charge in [-0.2, -0.15) is 0 Å². The summed E-state index contributed by atoms with van der Waals surface area (Å²) in [5.41, 5.74) is 0.207. The molecule has 0 spiro atoms. The molecule has 1 atom stereocenters.